The third kappa shape index (κ3) is 3.40. The summed E-state index contributed by atoms with van der Waals surface area (Å²) in [4.78, 5) is 8.63. The summed E-state index contributed by atoms with van der Waals surface area (Å²) >= 11 is 3.42. The predicted molar refractivity (Wildman–Crippen MR) is 82.4 cm³/mol. The molecule has 0 bridgehead atoms. The molecule has 21 heavy (non-hydrogen) atoms. The summed E-state index contributed by atoms with van der Waals surface area (Å²) in [6, 6.07) is 3.78. The van der Waals surface area contributed by atoms with Crippen LogP contribution >= 0.6 is 15.9 Å². The van der Waals surface area contributed by atoms with Gasteiger partial charge in [-0.2, -0.15) is 10.1 Å². The molecule has 3 heterocycles. The maximum Gasteiger partial charge on any atom is 0.224 e. The quantitative estimate of drug-likeness (QED) is 0.655. The van der Waals surface area contributed by atoms with Crippen LogP contribution in [0, 0.1) is 6.92 Å². The summed E-state index contributed by atoms with van der Waals surface area (Å²) in [5.74, 6) is 1.87. The van der Waals surface area contributed by atoms with E-state index in [0.29, 0.717) is 24.1 Å². The second-order valence-corrected chi connectivity index (χ2v) is 5.29. The highest BCUT2D eigenvalue weighted by molar-refractivity contribution is 9.10. The number of hydrogen-bond acceptors (Lipinski definition) is 6. The maximum atomic E-state index is 5.01. The minimum Gasteiger partial charge on any atom is -0.472 e. The first-order chi connectivity index (χ1) is 10.2. The van der Waals surface area contributed by atoms with E-state index in [1.807, 2.05) is 19.1 Å². The van der Waals surface area contributed by atoms with E-state index in [1.54, 1.807) is 18.7 Å². The molecule has 0 spiro atoms. The van der Waals surface area contributed by atoms with Gasteiger partial charge in [0.2, 0.25) is 5.95 Å². The smallest absolute Gasteiger partial charge is 0.224 e. The highest BCUT2D eigenvalue weighted by Gasteiger charge is 2.07. The van der Waals surface area contributed by atoms with Crippen LogP contribution in [-0.2, 0) is 6.54 Å². The normalized spacial score (nSPS) is 10.6. The lowest BCUT2D eigenvalue weighted by Gasteiger charge is -2.08. The molecule has 3 rings (SSSR count). The van der Waals surface area contributed by atoms with E-state index in [1.165, 1.54) is 0 Å². The monoisotopic (exact) mass is 348 g/mol. The fourth-order valence-corrected chi connectivity index (χ4v) is 2.01. The Morgan fingerprint density at radius 3 is 3.05 bits per heavy atom. The summed E-state index contributed by atoms with van der Waals surface area (Å²) in [5.41, 5.74) is 2.00. The number of furan rings is 1. The van der Waals surface area contributed by atoms with Crippen LogP contribution in [-0.4, -0.2) is 20.2 Å². The lowest BCUT2D eigenvalue weighted by Crippen LogP contribution is -2.05. The summed E-state index contributed by atoms with van der Waals surface area (Å²) in [6.07, 6.45) is 5.00. The van der Waals surface area contributed by atoms with Crippen molar-refractivity contribution in [1.29, 1.82) is 0 Å². The highest BCUT2D eigenvalue weighted by atomic mass is 79.9. The van der Waals surface area contributed by atoms with Crippen molar-refractivity contribution in [2.24, 2.45) is 0 Å². The van der Waals surface area contributed by atoms with Crippen LogP contribution in [0.1, 0.15) is 11.3 Å². The van der Waals surface area contributed by atoms with Crippen LogP contribution in [0.4, 0.5) is 17.6 Å². The first kappa shape index (κ1) is 13.6. The van der Waals surface area contributed by atoms with Crippen molar-refractivity contribution in [2.75, 3.05) is 10.6 Å². The van der Waals surface area contributed by atoms with Gasteiger partial charge in [0.15, 0.2) is 11.6 Å². The van der Waals surface area contributed by atoms with Gasteiger partial charge in [-0.1, -0.05) is 0 Å². The number of nitrogens with zero attached hydrogens (tertiary/aromatic N) is 3. The average Bonchev–Trinajstić information content (AvgIpc) is 3.11. The molecule has 8 heteroatoms. The number of aromatic nitrogens is 4. The Morgan fingerprint density at radius 2 is 2.33 bits per heavy atom. The lowest BCUT2D eigenvalue weighted by atomic mass is 10.3. The minimum absolute atomic E-state index is 0.522. The second-order valence-electron chi connectivity index (χ2n) is 4.44. The molecule has 0 radical (unpaired) electrons. The van der Waals surface area contributed by atoms with Gasteiger partial charge in [-0.25, -0.2) is 4.98 Å². The molecule has 108 valence electrons. The van der Waals surface area contributed by atoms with Gasteiger partial charge in [-0.3, -0.25) is 5.10 Å². The molecule has 0 aliphatic heterocycles. The van der Waals surface area contributed by atoms with Gasteiger partial charge in [0.1, 0.15) is 0 Å². The number of rotatable bonds is 5. The average molecular weight is 349 g/mol. The Kier molecular flexibility index (Phi) is 3.87. The van der Waals surface area contributed by atoms with E-state index in [0.717, 1.165) is 15.7 Å². The molecule has 0 aliphatic rings. The van der Waals surface area contributed by atoms with Gasteiger partial charge < -0.3 is 15.1 Å². The maximum absolute atomic E-state index is 5.01. The zero-order valence-electron chi connectivity index (χ0n) is 11.2. The van der Waals surface area contributed by atoms with Crippen molar-refractivity contribution < 1.29 is 4.42 Å². The number of nitrogens with one attached hydrogen (secondary N) is 3. The van der Waals surface area contributed by atoms with Gasteiger partial charge in [0.25, 0.3) is 0 Å². The number of anilines is 3. The van der Waals surface area contributed by atoms with E-state index >= 15 is 0 Å². The fourth-order valence-electron chi connectivity index (χ4n) is 1.72. The van der Waals surface area contributed by atoms with Crippen molar-refractivity contribution in [3.63, 3.8) is 0 Å². The Bertz CT molecular complexity index is 724. The standard InChI is InChI=1S/C13H13BrN6O/c1-8-4-11(20-19-8)17-12-10(14)6-16-13(18-12)15-5-9-2-3-21-7-9/h2-4,6-7H,5H2,1H3,(H3,15,16,17,18,19,20). The number of H-pyrrole nitrogens is 1. The molecule has 0 amide bonds. The van der Waals surface area contributed by atoms with Crippen molar-refractivity contribution >= 4 is 33.5 Å². The van der Waals surface area contributed by atoms with Crippen molar-refractivity contribution in [3.8, 4) is 0 Å². The summed E-state index contributed by atoms with van der Waals surface area (Å²) < 4.78 is 5.78. The number of aromatic amines is 1. The van der Waals surface area contributed by atoms with Crippen LogP contribution in [0.3, 0.4) is 0 Å². The third-order valence-corrected chi connectivity index (χ3v) is 3.31. The van der Waals surface area contributed by atoms with Crippen molar-refractivity contribution in [3.05, 3.63) is 46.6 Å². The van der Waals surface area contributed by atoms with Crippen LogP contribution in [0.2, 0.25) is 0 Å². The molecular weight excluding hydrogens is 336 g/mol. The zero-order valence-corrected chi connectivity index (χ0v) is 12.8. The van der Waals surface area contributed by atoms with Gasteiger partial charge >= 0.3 is 0 Å². The Labute approximate surface area is 129 Å². The van der Waals surface area contributed by atoms with E-state index in [-0.39, 0.29) is 0 Å². The summed E-state index contributed by atoms with van der Waals surface area (Å²) in [6.45, 7) is 2.53. The van der Waals surface area contributed by atoms with Gasteiger partial charge in [-0.15, -0.1) is 0 Å². The number of hydrogen-bond donors (Lipinski definition) is 3. The van der Waals surface area contributed by atoms with Crippen molar-refractivity contribution in [2.45, 2.75) is 13.5 Å². The third-order valence-electron chi connectivity index (χ3n) is 2.73. The van der Waals surface area contributed by atoms with Crippen LogP contribution in [0.25, 0.3) is 0 Å². The molecule has 0 unspecified atom stereocenters. The number of halogens is 1. The SMILES string of the molecule is Cc1cc(Nc2nc(NCc3ccoc3)ncc2Br)n[nH]1. The summed E-state index contributed by atoms with van der Waals surface area (Å²) in [7, 11) is 0. The summed E-state index contributed by atoms with van der Waals surface area (Å²) in [5, 5.41) is 13.2. The topological polar surface area (TPSA) is 91.7 Å². The zero-order chi connectivity index (χ0) is 14.7. The molecule has 0 saturated heterocycles. The van der Waals surface area contributed by atoms with Crippen LogP contribution in [0.15, 0.2) is 39.7 Å². The molecule has 7 nitrogen and oxygen atoms in total. The first-order valence-electron chi connectivity index (χ1n) is 6.27. The van der Waals surface area contributed by atoms with Gasteiger partial charge in [0.05, 0.1) is 17.0 Å². The fraction of sp³-hybridized carbons (Fsp3) is 0.154. The molecule has 0 atom stereocenters. The van der Waals surface area contributed by atoms with E-state index in [9.17, 15) is 0 Å². The second kappa shape index (κ2) is 5.96. The molecule has 0 aromatic carbocycles. The van der Waals surface area contributed by atoms with Crippen LogP contribution < -0.4 is 10.6 Å². The molecule has 3 N–H and O–H groups in total. The Morgan fingerprint density at radius 1 is 1.43 bits per heavy atom. The van der Waals surface area contributed by atoms with Gasteiger partial charge in [0, 0.05) is 30.1 Å². The first-order valence-corrected chi connectivity index (χ1v) is 7.06. The predicted octanol–water partition coefficient (Wildman–Crippen LogP) is 3.22. The molecular formula is C13H13BrN6O. The molecule has 0 saturated carbocycles. The lowest BCUT2D eigenvalue weighted by molar-refractivity contribution is 0.564. The van der Waals surface area contributed by atoms with Crippen LogP contribution in [0.5, 0.6) is 0 Å². The van der Waals surface area contributed by atoms with E-state index in [2.05, 4.69) is 46.7 Å². The molecule has 3 aromatic heterocycles. The van der Waals surface area contributed by atoms with E-state index < -0.39 is 0 Å². The molecule has 0 aliphatic carbocycles. The Balaban J connectivity index is 1.73. The van der Waals surface area contributed by atoms with Crippen molar-refractivity contribution in [1.82, 2.24) is 20.2 Å². The van der Waals surface area contributed by atoms with E-state index in [4.69, 9.17) is 4.42 Å². The molecule has 3 aromatic rings. The highest BCUT2D eigenvalue weighted by Crippen LogP contribution is 2.23. The largest absolute Gasteiger partial charge is 0.472 e. The Hall–Kier alpha value is -2.35. The number of aryl methyl sites for hydroxylation is 1. The van der Waals surface area contributed by atoms with Gasteiger partial charge in [-0.05, 0) is 28.9 Å². The minimum atomic E-state index is 0.522. The molecule has 0 fully saturated rings.